The highest BCUT2D eigenvalue weighted by atomic mass is 127. The molecule has 4 N–H and O–H groups in total. The summed E-state index contributed by atoms with van der Waals surface area (Å²) in [6.45, 7) is 15.0. The van der Waals surface area contributed by atoms with Crippen LogP contribution in [0.1, 0.15) is 229 Å². The van der Waals surface area contributed by atoms with E-state index in [9.17, 15) is 24.0 Å². The molecule has 3 heterocycles. The molecule has 3 saturated carbocycles. The normalized spacial score (nSPS) is 31.0. The molecule has 0 aromatic heterocycles. The molecule has 12 amide bonds. The highest BCUT2D eigenvalue weighted by molar-refractivity contribution is 14.1. The van der Waals surface area contributed by atoms with Gasteiger partial charge in [0.2, 0.25) is 70.9 Å². The van der Waals surface area contributed by atoms with Crippen LogP contribution in [0.15, 0.2) is 0 Å². The fourth-order valence-corrected chi connectivity index (χ4v) is 17.4. The highest BCUT2D eigenvalue weighted by Crippen LogP contribution is 2.37. The van der Waals surface area contributed by atoms with Gasteiger partial charge >= 0.3 is 0 Å². The number of unbranched alkanes of at least 4 members (excludes halogenated alkanes) is 1. The van der Waals surface area contributed by atoms with E-state index in [2.05, 4.69) is 43.9 Å². The second kappa shape index (κ2) is 40.2. The molecule has 2 unspecified atom stereocenters. The Hall–Kier alpha value is -5.67. The van der Waals surface area contributed by atoms with Crippen molar-refractivity contribution < 1.29 is 62.3 Å². The lowest BCUT2D eigenvalue weighted by molar-refractivity contribution is -0.158. The topological polar surface area (TPSA) is 288 Å². The second-order valence-corrected chi connectivity index (χ2v) is 33.9. The minimum atomic E-state index is -1.60. The average Bonchev–Trinajstić information content (AvgIpc) is 0.794. The molecule has 3 saturated heterocycles. The van der Waals surface area contributed by atoms with E-state index >= 15 is 33.6 Å². The molecule has 0 radical (unpaired) electrons. The zero-order valence-corrected chi connectivity index (χ0v) is 66.8. The first kappa shape index (κ1) is 85.3. The van der Waals surface area contributed by atoms with Crippen molar-refractivity contribution in [1.82, 2.24) is 60.5 Å². The Morgan fingerprint density at radius 1 is 0.569 bits per heavy atom. The van der Waals surface area contributed by atoms with Gasteiger partial charge in [0.1, 0.15) is 53.9 Å². The second-order valence-electron chi connectivity index (χ2n) is 32.2. The summed E-state index contributed by atoms with van der Waals surface area (Å²) in [4.78, 5) is 192. The minimum absolute atomic E-state index is 0.0144. The standard InChI is InChI=1S/C76H129IN12O13/c1-16-18-30-56-70(96)87(14)76(8,45-52-26-21-19-22-27-52)75(101)80-58(39-48(3)4)69(95)85(12)62(73(99)88-36-23-20-24-37-88)44-64(91)84(11)60(40-49(5)6)68(94)81-66(50(7)17-2)74(100)83(10)47-65(92)89-38-35-59(89)72(98)86(13)61(43-51-31-33-55(102-15)34-32-51)71(97)82(9)46-63(90)78-57(67(93)79-56)42-53-28-25-29-54(77)41-53/h48-62,66H,16-47H2,1-15H3,(H,78,90)(H,79,93)(H,80,101)(H,81,94)/t50-,51?,53?,54?,55?,56-,57-,58-,59-,60-,61-,62-,66-,76-/m0/s1. The van der Waals surface area contributed by atoms with Gasteiger partial charge in [-0.2, -0.15) is 0 Å². The van der Waals surface area contributed by atoms with Gasteiger partial charge < -0.3 is 65.2 Å². The van der Waals surface area contributed by atoms with Crippen molar-refractivity contribution >= 4 is 93.5 Å². The van der Waals surface area contributed by atoms with E-state index in [4.69, 9.17) is 4.74 Å². The molecule has 26 heteroatoms. The van der Waals surface area contributed by atoms with Gasteiger partial charge in [0.15, 0.2) is 0 Å². The first-order valence-corrected chi connectivity index (χ1v) is 40.0. The number of amides is 12. The number of halogens is 1. The number of methoxy groups -OCH3 is 1. The predicted molar refractivity (Wildman–Crippen MR) is 400 cm³/mol. The summed E-state index contributed by atoms with van der Waals surface area (Å²) < 4.78 is 6.03. The third-order valence-electron chi connectivity index (χ3n) is 23.4. The maximum Gasteiger partial charge on any atom is 0.246 e. The number of ether oxygens (including phenoxy) is 1. The summed E-state index contributed by atoms with van der Waals surface area (Å²) in [6.07, 6.45) is 16.1. The van der Waals surface area contributed by atoms with Crippen molar-refractivity contribution in [3.63, 3.8) is 0 Å². The molecule has 102 heavy (non-hydrogen) atoms. The van der Waals surface area contributed by atoms with Gasteiger partial charge in [-0.3, -0.25) is 57.5 Å². The van der Waals surface area contributed by atoms with Crippen LogP contribution in [0.3, 0.4) is 0 Å². The van der Waals surface area contributed by atoms with Crippen molar-refractivity contribution in [1.29, 1.82) is 0 Å². The van der Waals surface area contributed by atoms with Crippen molar-refractivity contribution in [2.75, 3.05) is 82.1 Å². The summed E-state index contributed by atoms with van der Waals surface area (Å²) in [5.41, 5.74) is -1.60. The lowest BCUT2D eigenvalue weighted by Gasteiger charge is -2.44. The largest absolute Gasteiger partial charge is 0.381 e. The molecule has 0 aromatic rings. The quantitative estimate of drug-likeness (QED) is 0.0859. The molecule has 3 aliphatic carbocycles. The van der Waals surface area contributed by atoms with Gasteiger partial charge in [0.25, 0.3) is 0 Å². The summed E-state index contributed by atoms with van der Waals surface area (Å²) in [6, 6.07) is -9.26. The van der Waals surface area contributed by atoms with Crippen LogP contribution in [0.4, 0.5) is 0 Å². The first-order valence-electron chi connectivity index (χ1n) is 38.8. The fraction of sp³-hybridized carbons (Fsp3) is 0.842. The van der Waals surface area contributed by atoms with E-state index in [1.807, 2.05) is 41.5 Å². The molecule has 578 valence electrons. The van der Waals surface area contributed by atoms with Crippen molar-refractivity contribution in [2.24, 2.45) is 35.5 Å². The Morgan fingerprint density at radius 3 is 1.78 bits per heavy atom. The molecule has 25 nitrogen and oxygen atoms in total. The van der Waals surface area contributed by atoms with Crippen LogP contribution in [-0.2, 0) is 62.3 Å². The monoisotopic (exact) mass is 1540 g/mol. The summed E-state index contributed by atoms with van der Waals surface area (Å²) >= 11 is 2.43. The van der Waals surface area contributed by atoms with E-state index in [1.165, 1.54) is 62.5 Å². The molecular formula is C76H129IN12O13. The summed E-state index contributed by atoms with van der Waals surface area (Å²) in [5.74, 6) is -7.49. The number of alkyl halides is 1. The molecule has 0 spiro atoms. The molecule has 0 aromatic carbocycles. The van der Waals surface area contributed by atoms with Crippen LogP contribution in [0, 0.1) is 35.5 Å². The van der Waals surface area contributed by atoms with Gasteiger partial charge in [-0.1, -0.05) is 135 Å². The van der Waals surface area contributed by atoms with E-state index in [1.54, 1.807) is 40.0 Å². The lowest BCUT2D eigenvalue weighted by atomic mass is 9.78. The van der Waals surface area contributed by atoms with Crippen molar-refractivity contribution in [3.05, 3.63) is 0 Å². The van der Waals surface area contributed by atoms with E-state index in [0.717, 1.165) is 89.9 Å². The highest BCUT2D eigenvalue weighted by Gasteiger charge is 2.49. The van der Waals surface area contributed by atoms with Gasteiger partial charge in [-0.15, -0.1) is 0 Å². The first-order chi connectivity index (χ1) is 48.2. The van der Waals surface area contributed by atoms with Crippen molar-refractivity contribution in [3.8, 4) is 0 Å². The number of hydrogen-bond acceptors (Lipinski definition) is 13. The number of carbonyl (C=O) groups is 12. The number of rotatable bonds is 17. The van der Waals surface area contributed by atoms with Gasteiger partial charge in [0, 0.05) is 73.0 Å². The van der Waals surface area contributed by atoms with Gasteiger partial charge in [-0.05, 0) is 145 Å². The van der Waals surface area contributed by atoms with Crippen LogP contribution in [-0.4, -0.2) is 256 Å². The zero-order valence-electron chi connectivity index (χ0n) is 64.6. The Bertz CT molecular complexity index is 2870. The lowest BCUT2D eigenvalue weighted by Crippen LogP contribution is -2.65. The number of likely N-dealkylation sites (N-methyl/N-ethyl adjacent to an activating group) is 6. The maximum atomic E-state index is 15.8. The molecular weight excluding hydrogens is 1420 g/mol. The molecule has 6 fully saturated rings. The number of nitrogens with zero attached hydrogens (tertiary/aromatic N) is 8. The third-order valence-corrected chi connectivity index (χ3v) is 24.5. The number of fused-ring (bicyclic) bond motifs is 1. The SMILES string of the molecule is CCCC[C@@H]1NC(=O)[C@H](CC2CCCC(I)C2)NC(=O)CN(C)C(=O)[C@H](CC2CCC(OC)CC2)N(C)C(=O)[C@@H]2CCN2C(=O)CN(C)C(=O)[C@H]([C@@H](C)CC)NC(=O)[C@H](CC(C)C)N(C)C(=O)C[C@@H](C(=O)N2CCCCC2)N(C)C(=O)[C@H](CC(C)C)NC(=O)[C@](C)(CC2CCCCC2)N(C)C1=O. The third kappa shape index (κ3) is 23.2. The molecule has 0 bridgehead atoms. The fourth-order valence-electron chi connectivity index (χ4n) is 16.3. The molecule has 6 rings (SSSR count). The Kier molecular flexibility index (Phi) is 33.6. The molecule has 12 atom stereocenters. The van der Waals surface area contributed by atoms with Crippen LogP contribution < -0.4 is 21.3 Å². The Balaban J connectivity index is 1.46. The van der Waals surface area contributed by atoms with Crippen LogP contribution >= 0.6 is 22.6 Å². The van der Waals surface area contributed by atoms with Crippen LogP contribution in [0.5, 0.6) is 0 Å². The molecule has 6 aliphatic rings. The Labute approximate surface area is 623 Å². The summed E-state index contributed by atoms with van der Waals surface area (Å²) in [7, 11) is 10.7. The number of nitrogens with one attached hydrogen (secondary N) is 4. The minimum Gasteiger partial charge on any atom is -0.381 e. The number of carbonyl (C=O) groups excluding carboxylic acids is 12. The van der Waals surface area contributed by atoms with E-state index in [0.29, 0.717) is 49.1 Å². The Morgan fingerprint density at radius 2 is 1.20 bits per heavy atom. The van der Waals surface area contributed by atoms with Crippen LogP contribution in [0.2, 0.25) is 0 Å². The smallest absolute Gasteiger partial charge is 0.246 e. The predicted octanol–water partition coefficient (Wildman–Crippen LogP) is 6.84. The number of hydrogen-bond donors (Lipinski definition) is 4. The zero-order chi connectivity index (χ0) is 75.4. The number of likely N-dealkylation sites (tertiary alicyclic amines) is 1. The van der Waals surface area contributed by atoms with E-state index in [-0.39, 0.29) is 87.2 Å². The average molecular weight is 1550 g/mol. The van der Waals surface area contributed by atoms with Crippen molar-refractivity contribution in [2.45, 2.75) is 293 Å². The van der Waals surface area contributed by atoms with Gasteiger partial charge in [-0.25, -0.2) is 0 Å². The number of piperidine rings is 1. The van der Waals surface area contributed by atoms with E-state index < -0.39 is 150 Å². The maximum absolute atomic E-state index is 15.8. The molecule has 3 aliphatic heterocycles. The van der Waals surface area contributed by atoms with Crippen LogP contribution in [0.25, 0.3) is 0 Å². The summed E-state index contributed by atoms with van der Waals surface area (Å²) in [5, 5.41) is 12.1. The van der Waals surface area contributed by atoms with Gasteiger partial charge in [0.05, 0.1) is 25.6 Å².